The first-order chi connectivity index (χ1) is 4.86. The topological polar surface area (TPSA) is 24.1 Å². The molecule has 0 saturated heterocycles. The lowest BCUT2D eigenvalue weighted by atomic mass is 10.3. The van der Waals surface area contributed by atoms with E-state index in [4.69, 9.17) is 0 Å². The molecular formula is C9H16N2. The highest BCUT2D eigenvalue weighted by Crippen LogP contribution is 2.11. The van der Waals surface area contributed by atoms with Crippen LogP contribution in [0, 0.1) is 0 Å². The minimum Gasteiger partial charge on any atom is -0.388 e. The van der Waals surface area contributed by atoms with E-state index in [1.165, 1.54) is 0 Å². The Hall–Kier alpha value is -1.18. The van der Waals surface area contributed by atoms with Crippen molar-refractivity contribution in [1.82, 2.24) is 0 Å². The SMILES string of the molecule is C.CNc1ccc(NC)cc1. The summed E-state index contributed by atoms with van der Waals surface area (Å²) in [6.45, 7) is 0. The molecule has 2 N–H and O–H groups in total. The van der Waals surface area contributed by atoms with Crippen molar-refractivity contribution in [2.24, 2.45) is 0 Å². The lowest BCUT2D eigenvalue weighted by molar-refractivity contribution is 1.47. The van der Waals surface area contributed by atoms with Gasteiger partial charge in [-0.25, -0.2) is 0 Å². The number of anilines is 2. The summed E-state index contributed by atoms with van der Waals surface area (Å²) >= 11 is 0. The zero-order valence-corrected chi connectivity index (χ0v) is 6.31. The summed E-state index contributed by atoms with van der Waals surface area (Å²) in [6.07, 6.45) is 0. The van der Waals surface area contributed by atoms with E-state index in [2.05, 4.69) is 10.6 Å². The van der Waals surface area contributed by atoms with E-state index in [1.54, 1.807) is 0 Å². The van der Waals surface area contributed by atoms with Gasteiger partial charge in [0.05, 0.1) is 0 Å². The molecule has 2 nitrogen and oxygen atoms in total. The summed E-state index contributed by atoms with van der Waals surface area (Å²) in [7, 11) is 3.82. The van der Waals surface area contributed by atoms with Gasteiger partial charge in [-0.05, 0) is 24.3 Å². The largest absolute Gasteiger partial charge is 0.388 e. The molecule has 0 atom stereocenters. The van der Waals surface area contributed by atoms with Crippen LogP contribution >= 0.6 is 0 Å². The van der Waals surface area contributed by atoms with Crippen molar-refractivity contribution in [2.45, 2.75) is 7.43 Å². The molecule has 0 aliphatic heterocycles. The zero-order chi connectivity index (χ0) is 7.40. The molecule has 1 rings (SSSR count). The molecule has 0 aromatic heterocycles. The quantitative estimate of drug-likeness (QED) is 0.680. The number of nitrogens with one attached hydrogen (secondary N) is 2. The highest BCUT2D eigenvalue weighted by atomic mass is 14.8. The van der Waals surface area contributed by atoms with Gasteiger partial charge in [0.15, 0.2) is 0 Å². The normalized spacial score (nSPS) is 8.18. The maximum absolute atomic E-state index is 3.05. The van der Waals surface area contributed by atoms with E-state index in [1.807, 2.05) is 38.4 Å². The van der Waals surface area contributed by atoms with Gasteiger partial charge in [0.2, 0.25) is 0 Å². The molecule has 0 radical (unpaired) electrons. The van der Waals surface area contributed by atoms with Crippen molar-refractivity contribution < 1.29 is 0 Å². The van der Waals surface area contributed by atoms with Crippen LogP contribution in [0.15, 0.2) is 24.3 Å². The van der Waals surface area contributed by atoms with Gasteiger partial charge < -0.3 is 10.6 Å². The van der Waals surface area contributed by atoms with E-state index in [0.29, 0.717) is 0 Å². The lowest BCUT2D eigenvalue weighted by Crippen LogP contribution is -1.89. The van der Waals surface area contributed by atoms with Gasteiger partial charge in [-0.15, -0.1) is 0 Å². The first-order valence-electron chi connectivity index (χ1n) is 3.32. The second-order valence-electron chi connectivity index (χ2n) is 2.08. The van der Waals surface area contributed by atoms with E-state index in [0.717, 1.165) is 11.4 Å². The molecule has 0 aliphatic carbocycles. The van der Waals surface area contributed by atoms with Gasteiger partial charge in [0, 0.05) is 25.5 Å². The third kappa shape index (κ3) is 2.50. The smallest absolute Gasteiger partial charge is 0.0339 e. The minimum atomic E-state index is 0. The van der Waals surface area contributed by atoms with Gasteiger partial charge in [0.25, 0.3) is 0 Å². The van der Waals surface area contributed by atoms with Crippen molar-refractivity contribution in [3.8, 4) is 0 Å². The van der Waals surface area contributed by atoms with Crippen LogP contribution in [0.4, 0.5) is 11.4 Å². The first kappa shape index (κ1) is 9.82. The van der Waals surface area contributed by atoms with E-state index >= 15 is 0 Å². The molecule has 11 heavy (non-hydrogen) atoms. The van der Waals surface area contributed by atoms with Crippen LogP contribution in [-0.2, 0) is 0 Å². The highest BCUT2D eigenvalue weighted by Gasteiger charge is 1.86. The standard InChI is InChI=1S/C8H12N2.CH4/c1-9-7-3-5-8(10-2)6-4-7;/h3-6,9-10H,1-2H3;1H4. The summed E-state index contributed by atoms with van der Waals surface area (Å²) in [6, 6.07) is 8.13. The van der Waals surface area contributed by atoms with Gasteiger partial charge in [-0.3, -0.25) is 0 Å². The molecule has 0 bridgehead atoms. The molecule has 62 valence electrons. The fourth-order valence-electron chi connectivity index (χ4n) is 0.804. The fraction of sp³-hybridized carbons (Fsp3) is 0.333. The van der Waals surface area contributed by atoms with Crippen molar-refractivity contribution in [1.29, 1.82) is 0 Å². The summed E-state index contributed by atoms with van der Waals surface area (Å²) in [5, 5.41) is 6.10. The van der Waals surface area contributed by atoms with Crippen molar-refractivity contribution in [3.63, 3.8) is 0 Å². The van der Waals surface area contributed by atoms with E-state index in [-0.39, 0.29) is 7.43 Å². The van der Waals surface area contributed by atoms with Crippen LogP contribution in [-0.4, -0.2) is 14.1 Å². The number of benzene rings is 1. The monoisotopic (exact) mass is 152 g/mol. The highest BCUT2D eigenvalue weighted by molar-refractivity contribution is 5.52. The first-order valence-corrected chi connectivity index (χ1v) is 3.32. The van der Waals surface area contributed by atoms with Gasteiger partial charge >= 0.3 is 0 Å². The van der Waals surface area contributed by atoms with Crippen LogP contribution in [0.5, 0.6) is 0 Å². The summed E-state index contributed by atoms with van der Waals surface area (Å²) in [5.74, 6) is 0. The Kier molecular flexibility index (Phi) is 4.11. The van der Waals surface area contributed by atoms with Crippen molar-refractivity contribution >= 4 is 11.4 Å². The molecule has 2 heteroatoms. The maximum atomic E-state index is 3.05. The molecule has 1 aromatic rings. The summed E-state index contributed by atoms with van der Waals surface area (Å²) in [5.41, 5.74) is 2.28. The molecule has 0 spiro atoms. The van der Waals surface area contributed by atoms with Crippen LogP contribution < -0.4 is 10.6 Å². The van der Waals surface area contributed by atoms with Gasteiger partial charge in [-0.2, -0.15) is 0 Å². The predicted octanol–water partition coefficient (Wildman–Crippen LogP) is 2.41. The average Bonchev–Trinajstić information content (AvgIpc) is 2.05. The Morgan fingerprint density at radius 3 is 1.27 bits per heavy atom. The van der Waals surface area contributed by atoms with Crippen LogP contribution in [0.25, 0.3) is 0 Å². The van der Waals surface area contributed by atoms with Crippen LogP contribution in [0.1, 0.15) is 7.43 Å². The van der Waals surface area contributed by atoms with Crippen molar-refractivity contribution in [2.75, 3.05) is 24.7 Å². The summed E-state index contributed by atoms with van der Waals surface area (Å²) in [4.78, 5) is 0. The molecule has 0 unspecified atom stereocenters. The Labute approximate surface area is 68.6 Å². The molecule has 1 aromatic carbocycles. The predicted molar refractivity (Wildman–Crippen MR) is 52.3 cm³/mol. The molecule has 0 saturated carbocycles. The summed E-state index contributed by atoms with van der Waals surface area (Å²) < 4.78 is 0. The lowest BCUT2D eigenvalue weighted by Gasteiger charge is -2.01. The van der Waals surface area contributed by atoms with Crippen LogP contribution in [0.2, 0.25) is 0 Å². The average molecular weight is 152 g/mol. The molecule has 0 heterocycles. The molecule has 0 amide bonds. The minimum absolute atomic E-state index is 0. The Balaban J connectivity index is 0.000001000. The maximum Gasteiger partial charge on any atom is 0.0339 e. The number of rotatable bonds is 2. The second-order valence-corrected chi connectivity index (χ2v) is 2.08. The number of hydrogen-bond acceptors (Lipinski definition) is 2. The van der Waals surface area contributed by atoms with Crippen LogP contribution in [0.3, 0.4) is 0 Å². The second kappa shape index (κ2) is 4.61. The van der Waals surface area contributed by atoms with E-state index in [9.17, 15) is 0 Å². The third-order valence-corrected chi connectivity index (χ3v) is 1.46. The fourth-order valence-corrected chi connectivity index (χ4v) is 0.804. The Bertz CT molecular complexity index is 168. The van der Waals surface area contributed by atoms with Crippen molar-refractivity contribution in [3.05, 3.63) is 24.3 Å². The zero-order valence-electron chi connectivity index (χ0n) is 6.31. The van der Waals surface area contributed by atoms with E-state index < -0.39 is 0 Å². The van der Waals surface area contributed by atoms with Gasteiger partial charge in [-0.1, -0.05) is 7.43 Å². The third-order valence-electron chi connectivity index (χ3n) is 1.46. The molecule has 0 aliphatic rings. The van der Waals surface area contributed by atoms with Gasteiger partial charge in [0.1, 0.15) is 0 Å². The molecule has 0 fully saturated rings. The Morgan fingerprint density at radius 2 is 1.09 bits per heavy atom. The number of hydrogen-bond donors (Lipinski definition) is 2. The molecular weight excluding hydrogens is 136 g/mol. The Morgan fingerprint density at radius 1 is 0.818 bits per heavy atom.